The zero-order chi connectivity index (χ0) is 15.6. The maximum Gasteiger partial charge on any atom is 0.174 e. The molecule has 4 atom stereocenters. The standard InChI is InChI=1S/C17H20BrNO3/c1-17-9-4-5-12(20)16(17)22-15-13(21-3)7-10(18)8(14(15)17)6-11(9)19-2/h7,9,11,16,19H,4-6H2,1-3H3/t9-,11+,16-,17?/m1/s1. The first-order valence-electron chi connectivity index (χ1n) is 7.78. The van der Waals surface area contributed by atoms with Gasteiger partial charge in [-0.25, -0.2) is 0 Å². The van der Waals surface area contributed by atoms with E-state index in [1.54, 1.807) is 7.11 Å². The van der Waals surface area contributed by atoms with Gasteiger partial charge in [-0.3, -0.25) is 4.79 Å². The fourth-order valence-electron chi connectivity index (χ4n) is 4.85. The Balaban J connectivity index is 2.02. The number of nitrogens with one attached hydrogen (secondary N) is 1. The molecule has 1 aliphatic heterocycles. The van der Waals surface area contributed by atoms with Crippen LogP contribution in [0.25, 0.3) is 0 Å². The van der Waals surface area contributed by atoms with Gasteiger partial charge in [-0.2, -0.15) is 0 Å². The third kappa shape index (κ3) is 1.59. The second-order valence-corrected chi connectivity index (χ2v) is 7.59. The van der Waals surface area contributed by atoms with Gasteiger partial charge in [-0.05, 0) is 37.4 Å². The van der Waals surface area contributed by atoms with Crippen molar-refractivity contribution >= 4 is 21.7 Å². The molecule has 1 aromatic carbocycles. The van der Waals surface area contributed by atoms with Crippen LogP contribution >= 0.6 is 15.9 Å². The number of carbonyl (C=O) groups excluding carboxylic acids is 1. The lowest BCUT2D eigenvalue weighted by Gasteiger charge is -2.48. The molecule has 1 unspecified atom stereocenters. The largest absolute Gasteiger partial charge is 0.493 e. The molecular formula is C17H20BrNO3. The van der Waals surface area contributed by atoms with E-state index in [0.29, 0.717) is 18.4 Å². The van der Waals surface area contributed by atoms with Gasteiger partial charge >= 0.3 is 0 Å². The molecule has 0 saturated heterocycles. The molecular weight excluding hydrogens is 346 g/mol. The molecule has 1 aromatic rings. The summed E-state index contributed by atoms with van der Waals surface area (Å²) < 4.78 is 12.7. The van der Waals surface area contributed by atoms with Crippen LogP contribution in [0.5, 0.6) is 11.5 Å². The molecule has 2 aliphatic carbocycles. The van der Waals surface area contributed by atoms with Crippen molar-refractivity contribution in [3.8, 4) is 11.5 Å². The zero-order valence-electron chi connectivity index (χ0n) is 13.0. The van der Waals surface area contributed by atoms with Gasteiger partial charge in [0.1, 0.15) is 0 Å². The van der Waals surface area contributed by atoms with E-state index in [9.17, 15) is 4.79 Å². The summed E-state index contributed by atoms with van der Waals surface area (Å²) in [6.07, 6.45) is 2.11. The number of carbonyl (C=O) groups is 1. The minimum absolute atomic E-state index is 0.218. The second-order valence-electron chi connectivity index (χ2n) is 6.73. The molecule has 5 heteroatoms. The highest BCUT2D eigenvalue weighted by Gasteiger charge is 2.61. The van der Waals surface area contributed by atoms with Crippen LogP contribution in [0.1, 0.15) is 30.9 Å². The first kappa shape index (κ1) is 14.5. The minimum atomic E-state index is -0.376. The Kier molecular flexibility index (Phi) is 3.11. The van der Waals surface area contributed by atoms with Gasteiger partial charge in [0.15, 0.2) is 23.4 Å². The summed E-state index contributed by atoms with van der Waals surface area (Å²) in [6, 6.07) is 2.33. The van der Waals surface area contributed by atoms with Crippen LogP contribution < -0.4 is 14.8 Å². The Morgan fingerprint density at radius 1 is 1.50 bits per heavy atom. The number of halogens is 1. The molecule has 0 bridgehead atoms. The lowest BCUT2D eigenvalue weighted by atomic mass is 9.56. The highest BCUT2D eigenvalue weighted by molar-refractivity contribution is 9.10. The minimum Gasteiger partial charge on any atom is -0.493 e. The fourth-order valence-corrected chi connectivity index (χ4v) is 5.42. The molecule has 0 spiro atoms. The summed E-state index contributed by atoms with van der Waals surface area (Å²) in [5.41, 5.74) is 2.18. The predicted molar refractivity (Wildman–Crippen MR) is 86.7 cm³/mol. The molecule has 1 fully saturated rings. The first-order valence-corrected chi connectivity index (χ1v) is 8.58. The monoisotopic (exact) mass is 365 g/mol. The van der Waals surface area contributed by atoms with E-state index >= 15 is 0 Å². The van der Waals surface area contributed by atoms with Gasteiger partial charge in [-0.15, -0.1) is 0 Å². The molecule has 1 heterocycles. The van der Waals surface area contributed by atoms with Crippen LogP contribution in [0.3, 0.4) is 0 Å². The van der Waals surface area contributed by atoms with Crippen molar-refractivity contribution < 1.29 is 14.3 Å². The number of rotatable bonds is 2. The number of ether oxygens (including phenoxy) is 2. The third-order valence-electron chi connectivity index (χ3n) is 5.88. The Hall–Kier alpha value is -1.07. The van der Waals surface area contributed by atoms with E-state index in [1.165, 1.54) is 11.1 Å². The van der Waals surface area contributed by atoms with Crippen molar-refractivity contribution in [3.05, 3.63) is 21.7 Å². The SMILES string of the molecule is CN[C@H]1Cc2c(Br)cc(OC)c3c2C2(C)[C@H](O3)C(=O)CC[C@H]12. The summed E-state index contributed by atoms with van der Waals surface area (Å²) in [6.45, 7) is 2.20. The quantitative estimate of drug-likeness (QED) is 0.874. The van der Waals surface area contributed by atoms with Crippen molar-refractivity contribution in [2.75, 3.05) is 14.2 Å². The highest BCUT2D eigenvalue weighted by Crippen LogP contribution is 2.60. The molecule has 0 amide bonds. The van der Waals surface area contributed by atoms with E-state index in [4.69, 9.17) is 9.47 Å². The number of likely N-dealkylation sites (N-methyl/N-ethyl adjacent to an activating group) is 1. The molecule has 22 heavy (non-hydrogen) atoms. The Morgan fingerprint density at radius 3 is 2.95 bits per heavy atom. The normalized spacial score (nSPS) is 35.1. The van der Waals surface area contributed by atoms with Gasteiger partial charge in [0.25, 0.3) is 0 Å². The average molecular weight is 366 g/mol. The molecule has 118 valence electrons. The lowest BCUT2D eigenvalue weighted by Crippen LogP contribution is -2.59. The third-order valence-corrected chi connectivity index (χ3v) is 6.59. The molecule has 0 radical (unpaired) electrons. The number of benzene rings is 1. The molecule has 4 rings (SSSR count). The Labute approximate surface area is 138 Å². The summed E-state index contributed by atoms with van der Waals surface area (Å²) in [5.74, 6) is 2.13. The molecule has 3 aliphatic rings. The van der Waals surface area contributed by atoms with Gasteiger partial charge in [0.2, 0.25) is 0 Å². The topological polar surface area (TPSA) is 47.6 Å². The van der Waals surface area contributed by atoms with Gasteiger partial charge in [-0.1, -0.05) is 22.9 Å². The number of hydrogen-bond acceptors (Lipinski definition) is 4. The van der Waals surface area contributed by atoms with Crippen LogP contribution in [-0.2, 0) is 16.6 Å². The van der Waals surface area contributed by atoms with Crippen molar-refractivity contribution in [1.82, 2.24) is 5.32 Å². The number of ketones is 1. The summed E-state index contributed by atoms with van der Waals surface area (Å²) in [4.78, 5) is 12.5. The van der Waals surface area contributed by atoms with Gasteiger partial charge in [0, 0.05) is 27.9 Å². The highest BCUT2D eigenvalue weighted by atomic mass is 79.9. The Bertz CT molecular complexity index is 674. The van der Waals surface area contributed by atoms with Gasteiger partial charge < -0.3 is 14.8 Å². The first-order chi connectivity index (χ1) is 10.5. The predicted octanol–water partition coefficient (Wildman–Crippen LogP) is 2.60. The molecule has 1 N–H and O–H groups in total. The van der Waals surface area contributed by atoms with E-state index in [-0.39, 0.29) is 17.3 Å². The summed E-state index contributed by atoms with van der Waals surface area (Å²) in [5, 5.41) is 3.46. The van der Waals surface area contributed by atoms with Crippen LogP contribution in [-0.4, -0.2) is 32.1 Å². The van der Waals surface area contributed by atoms with Crippen molar-refractivity contribution in [2.24, 2.45) is 5.92 Å². The maximum absolute atomic E-state index is 12.5. The number of hydrogen-bond donors (Lipinski definition) is 1. The van der Waals surface area contributed by atoms with Crippen LogP contribution in [0.2, 0.25) is 0 Å². The van der Waals surface area contributed by atoms with Gasteiger partial charge in [0.05, 0.1) is 7.11 Å². The lowest BCUT2D eigenvalue weighted by molar-refractivity contribution is -0.133. The second kappa shape index (κ2) is 4.71. The Morgan fingerprint density at radius 2 is 2.27 bits per heavy atom. The van der Waals surface area contributed by atoms with E-state index in [0.717, 1.165) is 28.8 Å². The summed E-state index contributed by atoms with van der Waals surface area (Å²) in [7, 11) is 3.66. The smallest absolute Gasteiger partial charge is 0.174 e. The van der Waals surface area contributed by atoms with Crippen LogP contribution in [0.4, 0.5) is 0 Å². The molecule has 4 nitrogen and oxygen atoms in total. The van der Waals surface area contributed by atoms with Crippen molar-refractivity contribution in [2.45, 2.75) is 43.7 Å². The van der Waals surface area contributed by atoms with Crippen LogP contribution in [0, 0.1) is 5.92 Å². The summed E-state index contributed by atoms with van der Waals surface area (Å²) >= 11 is 3.69. The molecule has 0 aromatic heterocycles. The number of methoxy groups -OCH3 is 1. The maximum atomic E-state index is 12.5. The van der Waals surface area contributed by atoms with Crippen molar-refractivity contribution in [3.63, 3.8) is 0 Å². The van der Waals surface area contributed by atoms with E-state index in [1.807, 2.05) is 13.1 Å². The van der Waals surface area contributed by atoms with Crippen LogP contribution in [0.15, 0.2) is 10.5 Å². The molecule has 1 saturated carbocycles. The number of Topliss-reactive ketones (excluding diaryl/α,β-unsaturated/α-hetero) is 1. The average Bonchev–Trinajstić information content (AvgIpc) is 2.83. The van der Waals surface area contributed by atoms with Crippen molar-refractivity contribution in [1.29, 1.82) is 0 Å². The fraction of sp³-hybridized carbons (Fsp3) is 0.588. The van der Waals surface area contributed by atoms with E-state index in [2.05, 4.69) is 28.2 Å². The van der Waals surface area contributed by atoms with E-state index < -0.39 is 0 Å². The zero-order valence-corrected chi connectivity index (χ0v) is 14.6.